The van der Waals surface area contributed by atoms with E-state index in [2.05, 4.69) is 31.9 Å². The van der Waals surface area contributed by atoms with Gasteiger partial charge in [0, 0.05) is 16.1 Å². The van der Waals surface area contributed by atoms with Gasteiger partial charge in [0.15, 0.2) is 0 Å². The van der Waals surface area contributed by atoms with E-state index in [0.29, 0.717) is 15.6 Å². The van der Waals surface area contributed by atoms with Gasteiger partial charge in [-0.1, -0.05) is 28.1 Å². The smallest absolute Gasteiger partial charge is 0.340 e. The topological polar surface area (TPSA) is 52.6 Å². The Labute approximate surface area is 146 Å². The Balaban J connectivity index is 2.20. The summed E-state index contributed by atoms with van der Waals surface area (Å²) in [6.45, 7) is 0.615. The predicted molar refractivity (Wildman–Crippen MR) is 91.7 cm³/mol. The first-order valence-corrected chi connectivity index (χ1v) is 9.39. The van der Waals surface area contributed by atoms with E-state index >= 15 is 0 Å². The molecule has 7 heteroatoms. The van der Waals surface area contributed by atoms with E-state index in [0.717, 1.165) is 12.0 Å². The van der Waals surface area contributed by atoms with Gasteiger partial charge in [-0.05, 0) is 58.2 Å². The molecule has 0 saturated carbocycles. The molecule has 22 heavy (non-hydrogen) atoms. The zero-order valence-electron chi connectivity index (χ0n) is 11.8. The number of halogens is 2. The van der Waals surface area contributed by atoms with Crippen LogP contribution in [0.4, 0.5) is 0 Å². The molecule has 0 atom stereocenters. The van der Waals surface area contributed by atoms with Gasteiger partial charge in [0.1, 0.15) is 10.6 Å². The molecule has 0 aliphatic rings. The first-order chi connectivity index (χ1) is 10.4. The molecule has 118 valence electrons. The lowest BCUT2D eigenvalue weighted by Gasteiger charge is -2.09. The van der Waals surface area contributed by atoms with Crippen LogP contribution in [0.1, 0.15) is 5.56 Å². The summed E-state index contributed by atoms with van der Waals surface area (Å²) in [6.07, 6.45) is 0.765. The Morgan fingerprint density at radius 1 is 1.05 bits per heavy atom. The maximum Gasteiger partial charge on any atom is 0.340 e. The maximum absolute atomic E-state index is 12.3. The average molecular weight is 450 g/mol. The second-order valence-electron chi connectivity index (χ2n) is 4.50. The van der Waals surface area contributed by atoms with E-state index in [1.807, 2.05) is 12.1 Å². The lowest BCUT2D eigenvalue weighted by atomic mass is 10.1. The fraction of sp³-hybridized carbons (Fsp3) is 0.200. The Kier molecular flexibility index (Phi) is 6.02. The van der Waals surface area contributed by atoms with Crippen molar-refractivity contribution in [3.05, 3.63) is 57.0 Å². The summed E-state index contributed by atoms with van der Waals surface area (Å²) in [6, 6.07) is 11.8. The first-order valence-electron chi connectivity index (χ1n) is 6.40. The van der Waals surface area contributed by atoms with Crippen LogP contribution < -0.4 is 4.18 Å². The molecule has 0 bridgehead atoms. The van der Waals surface area contributed by atoms with Gasteiger partial charge in [0.05, 0.1) is 6.61 Å². The monoisotopic (exact) mass is 448 g/mol. The number of rotatable bonds is 6. The summed E-state index contributed by atoms with van der Waals surface area (Å²) < 4.78 is 36.0. The van der Waals surface area contributed by atoms with Gasteiger partial charge in [0.25, 0.3) is 0 Å². The molecule has 2 rings (SSSR count). The molecular weight excluding hydrogens is 436 g/mol. The molecule has 0 heterocycles. The van der Waals surface area contributed by atoms with Crippen LogP contribution in [0.25, 0.3) is 0 Å². The fourth-order valence-electron chi connectivity index (χ4n) is 1.77. The van der Waals surface area contributed by atoms with Crippen LogP contribution in [0, 0.1) is 0 Å². The van der Waals surface area contributed by atoms with Gasteiger partial charge in [-0.15, -0.1) is 0 Å². The fourth-order valence-corrected chi connectivity index (χ4v) is 4.16. The summed E-state index contributed by atoms with van der Waals surface area (Å²) >= 11 is 6.48. The van der Waals surface area contributed by atoms with Crippen molar-refractivity contribution >= 4 is 42.0 Å². The molecular formula is C15H14Br2O4S. The van der Waals surface area contributed by atoms with Crippen molar-refractivity contribution in [2.75, 3.05) is 13.7 Å². The summed E-state index contributed by atoms with van der Waals surface area (Å²) in [5, 5.41) is 0. The van der Waals surface area contributed by atoms with E-state index in [-0.39, 0.29) is 10.6 Å². The van der Waals surface area contributed by atoms with Crippen molar-refractivity contribution in [3.8, 4) is 5.75 Å². The van der Waals surface area contributed by atoms with Crippen molar-refractivity contribution in [2.24, 2.45) is 0 Å². The highest BCUT2D eigenvalue weighted by molar-refractivity contribution is 9.11. The van der Waals surface area contributed by atoms with Crippen LogP contribution in [0.3, 0.4) is 0 Å². The zero-order valence-corrected chi connectivity index (χ0v) is 15.7. The highest BCUT2D eigenvalue weighted by Crippen LogP contribution is 2.28. The molecule has 2 aromatic rings. The second kappa shape index (κ2) is 7.59. The molecule has 0 N–H and O–H groups in total. The van der Waals surface area contributed by atoms with Crippen LogP contribution in [0.2, 0.25) is 0 Å². The molecule has 0 saturated heterocycles. The van der Waals surface area contributed by atoms with Crippen molar-refractivity contribution in [1.29, 1.82) is 0 Å². The van der Waals surface area contributed by atoms with Gasteiger partial charge >= 0.3 is 10.1 Å². The van der Waals surface area contributed by atoms with Crippen molar-refractivity contribution < 1.29 is 17.3 Å². The molecule has 0 aromatic heterocycles. The highest BCUT2D eigenvalue weighted by atomic mass is 79.9. The van der Waals surface area contributed by atoms with Gasteiger partial charge in [0.2, 0.25) is 0 Å². The van der Waals surface area contributed by atoms with Crippen LogP contribution in [0.15, 0.2) is 56.3 Å². The van der Waals surface area contributed by atoms with Crippen LogP contribution >= 0.6 is 31.9 Å². The third-order valence-electron chi connectivity index (χ3n) is 2.89. The third-order valence-corrected chi connectivity index (χ3v) is 5.62. The molecule has 0 spiro atoms. The Bertz CT molecular complexity index is 743. The van der Waals surface area contributed by atoms with E-state index in [1.165, 1.54) is 6.07 Å². The number of hydrogen-bond acceptors (Lipinski definition) is 4. The Morgan fingerprint density at radius 3 is 2.36 bits per heavy atom. The number of hydrogen-bond donors (Lipinski definition) is 0. The number of benzene rings is 2. The molecule has 2 aromatic carbocycles. The van der Waals surface area contributed by atoms with Gasteiger partial charge in [-0.25, -0.2) is 0 Å². The molecule has 0 amide bonds. The highest BCUT2D eigenvalue weighted by Gasteiger charge is 2.20. The maximum atomic E-state index is 12.3. The van der Waals surface area contributed by atoms with Crippen molar-refractivity contribution in [3.63, 3.8) is 0 Å². The zero-order chi connectivity index (χ0) is 16.2. The van der Waals surface area contributed by atoms with Crippen LogP contribution in [-0.2, 0) is 21.3 Å². The summed E-state index contributed by atoms with van der Waals surface area (Å²) in [5.41, 5.74) is 1.05. The van der Waals surface area contributed by atoms with Gasteiger partial charge in [-0.2, -0.15) is 8.42 Å². The molecule has 4 nitrogen and oxygen atoms in total. The van der Waals surface area contributed by atoms with E-state index < -0.39 is 10.1 Å². The van der Waals surface area contributed by atoms with Gasteiger partial charge in [-0.3, -0.25) is 0 Å². The SMILES string of the molecule is COCCc1ccc(OS(=O)(=O)c2cc(Br)ccc2Br)cc1. The predicted octanol–water partition coefficient (Wildman–Crippen LogP) is 4.17. The molecule has 0 aliphatic carbocycles. The van der Waals surface area contributed by atoms with E-state index in [9.17, 15) is 8.42 Å². The summed E-state index contributed by atoms with van der Waals surface area (Å²) in [5.74, 6) is 0.271. The normalized spacial score (nSPS) is 11.4. The van der Waals surface area contributed by atoms with Crippen molar-refractivity contribution in [1.82, 2.24) is 0 Å². The minimum Gasteiger partial charge on any atom is -0.384 e. The summed E-state index contributed by atoms with van der Waals surface area (Å²) in [4.78, 5) is 0.0744. The van der Waals surface area contributed by atoms with E-state index in [1.54, 1.807) is 31.4 Å². The third kappa shape index (κ3) is 4.55. The molecule has 0 fully saturated rings. The average Bonchev–Trinajstić information content (AvgIpc) is 2.48. The van der Waals surface area contributed by atoms with Crippen molar-refractivity contribution in [2.45, 2.75) is 11.3 Å². The number of ether oxygens (including phenoxy) is 1. The van der Waals surface area contributed by atoms with Crippen LogP contribution in [0.5, 0.6) is 5.75 Å². The lowest BCUT2D eigenvalue weighted by Crippen LogP contribution is -2.10. The largest absolute Gasteiger partial charge is 0.384 e. The standard InChI is InChI=1S/C15H14Br2O4S/c1-20-9-8-11-2-5-13(6-3-11)21-22(18,19)15-10-12(16)4-7-14(15)17/h2-7,10H,8-9H2,1H3. The first kappa shape index (κ1) is 17.5. The molecule has 0 radical (unpaired) electrons. The van der Waals surface area contributed by atoms with E-state index in [4.69, 9.17) is 8.92 Å². The molecule has 0 aliphatic heterocycles. The summed E-state index contributed by atoms with van der Waals surface area (Å²) in [7, 11) is -2.26. The minimum atomic E-state index is -3.90. The Hall–Kier alpha value is -0.890. The molecule has 0 unspecified atom stereocenters. The van der Waals surface area contributed by atoms with Gasteiger partial charge < -0.3 is 8.92 Å². The second-order valence-corrected chi connectivity index (χ2v) is 7.78. The lowest BCUT2D eigenvalue weighted by molar-refractivity contribution is 0.202. The Morgan fingerprint density at radius 2 is 1.73 bits per heavy atom. The van der Waals surface area contributed by atoms with Crippen LogP contribution in [-0.4, -0.2) is 22.1 Å². The quantitative estimate of drug-likeness (QED) is 0.621. The number of methoxy groups -OCH3 is 1. The minimum absolute atomic E-state index is 0.0744.